The zero-order valence-corrected chi connectivity index (χ0v) is 9.59. The lowest BCUT2D eigenvalue weighted by Crippen LogP contribution is -2.46. The van der Waals surface area contributed by atoms with Gasteiger partial charge in [-0.2, -0.15) is 0 Å². The number of guanidine groups is 1. The van der Waals surface area contributed by atoms with E-state index in [0.29, 0.717) is 6.04 Å². The molecular weight excluding hydrogens is 202 g/mol. The van der Waals surface area contributed by atoms with Gasteiger partial charge >= 0.3 is 0 Å². The number of nitrogens with one attached hydrogen (secondary N) is 2. The molecule has 4 heteroatoms. The molecule has 0 radical (unpaired) electrons. The third-order valence-electron chi connectivity index (χ3n) is 3.84. The van der Waals surface area contributed by atoms with Gasteiger partial charge in [0.15, 0.2) is 5.96 Å². The highest BCUT2D eigenvalue weighted by Gasteiger charge is 2.45. The number of hydrogen-bond donors (Lipinski definition) is 2. The Morgan fingerprint density at radius 2 is 1.81 bits per heavy atom. The van der Waals surface area contributed by atoms with Gasteiger partial charge in [0.25, 0.3) is 5.91 Å². The number of nitrogens with zero attached hydrogens (tertiary/aromatic N) is 1. The number of carbonyl (C=O) groups is 1. The lowest BCUT2D eigenvalue weighted by atomic mass is 9.91. The van der Waals surface area contributed by atoms with Crippen LogP contribution in [0.15, 0.2) is 4.99 Å². The molecule has 1 heterocycles. The highest BCUT2D eigenvalue weighted by molar-refractivity contribution is 6.09. The molecule has 88 valence electrons. The van der Waals surface area contributed by atoms with Crippen LogP contribution in [-0.2, 0) is 4.79 Å². The standard InChI is InChI=1S/C12H19N3O/c16-10-12(7-3-1-2-4-8-12)15-11(14-10)13-9-5-6-9/h9H,1-8H2,(H2,13,14,15,16). The topological polar surface area (TPSA) is 53.5 Å². The Labute approximate surface area is 95.9 Å². The van der Waals surface area contributed by atoms with E-state index in [0.717, 1.165) is 31.6 Å². The second kappa shape index (κ2) is 3.75. The van der Waals surface area contributed by atoms with Crippen molar-refractivity contribution in [1.29, 1.82) is 0 Å². The van der Waals surface area contributed by atoms with Crippen molar-refractivity contribution in [3.63, 3.8) is 0 Å². The van der Waals surface area contributed by atoms with Crippen LogP contribution in [0, 0.1) is 0 Å². The Kier molecular flexibility index (Phi) is 2.37. The summed E-state index contributed by atoms with van der Waals surface area (Å²) >= 11 is 0. The van der Waals surface area contributed by atoms with Gasteiger partial charge in [-0.25, -0.2) is 4.99 Å². The fourth-order valence-electron chi connectivity index (χ4n) is 2.68. The monoisotopic (exact) mass is 221 g/mol. The number of amides is 1. The summed E-state index contributed by atoms with van der Waals surface area (Å²) in [6, 6.07) is 0.462. The molecule has 1 spiro atoms. The summed E-state index contributed by atoms with van der Waals surface area (Å²) in [6.07, 6.45) is 9.08. The molecule has 0 aromatic carbocycles. The van der Waals surface area contributed by atoms with Crippen LogP contribution in [0.2, 0.25) is 0 Å². The minimum atomic E-state index is -0.329. The molecule has 3 fully saturated rings. The maximum absolute atomic E-state index is 12.1. The fourth-order valence-corrected chi connectivity index (χ4v) is 2.68. The predicted octanol–water partition coefficient (Wildman–Crippen LogP) is 1.32. The lowest BCUT2D eigenvalue weighted by Gasteiger charge is -2.24. The quantitative estimate of drug-likeness (QED) is 0.701. The van der Waals surface area contributed by atoms with Crippen molar-refractivity contribution in [2.45, 2.75) is 62.9 Å². The van der Waals surface area contributed by atoms with Crippen molar-refractivity contribution in [3.05, 3.63) is 0 Å². The Morgan fingerprint density at radius 3 is 2.44 bits per heavy atom. The van der Waals surface area contributed by atoms with Crippen LogP contribution in [0.5, 0.6) is 0 Å². The Balaban J connectivity index is 1.76. The molecule has 3 rings (SSSR count). The summed E-state index contributed by atoms with van der Waals surface area (Å²) in [5.41, 5.74) is -0.329. The van der Waals surface area contributed by atoms with Gasteiger partial charge in [-0.1, -0.05) is 25.7 Å². The summed E-state index contributed by atoms with van der Waals surface area (Å²) in [5, 5.41) is 6.27. The molecule has 2 aliphatic carbocycles. The predicted molar refractivity (Wildman–Crippen MR) is 62.2 cm³/mol. The SMILES string of the molecule is O=C1NC(=NC2CC2)NC12CCCCCC2. The van der Waals surface area contributed by atoms with Crippen molar-refractivity contribution >= 4 is 11.9 Å². The summed E-state index contributed by atoms with van der Waals surface area (Å²) in [4.78, 5) is 16.6. The Hall–Kier alpha value is -1.06. The molecule has 1 amide bonds. The summed E-state index contributed by atoms with van der Waals surface area (Å²) < 4.78 is 0. The average molecular weight is 221 g/mol. The van der Waals surface area contributed by atoms with Gasteiger partial charge in [0.2, 0.25) is 0 Å². The normalized spacial score (nSPS) is 31.2. The smallest absolute Gasteiger partial charge is 0.252 e. The fraction of sp³-hybridized carbons (Fsp3) is 0.833. The van der Waals surface area contributed by atoms with Gasteiger partial charge in [-0.15, -0.1) is 0 Å². The van der Waals surface area contributed by atoms with E-state index in [4.69, 9.17) is 0 Å². The zero-order valence-electron chi connectivity index (χ0n) is 9.59. The summed E-state index contributed by atoms with van der Waals surface area (Å²) in [5.74, 6) is 0.878. The van der Waals surface area contributed by atoms with Gasteiger partial charge in [0.1, 0.15) is 5.54 Å². The summed E-state index contributed by atoms with van der Waals surface area (Å²) in [7, 11) is 0. The highest BCUT2D eigenvalue weighted by Crippen LogP contribution is 2.30. The van der Waals surface area contributed by atoms with Crippen LogP contribution in [0.1, 0.15) is 51.4 Å². The minimum Gasteiger partial charge on any atom is -0.342 e. The van der Waals surface area contributed by atoms with Crippen molar-refractivity contribution in [2.24, 2.45) is 4.99 Å². The lowest BCUT2D eigenvalue weighted by molar-refractivity contribution is -0.124. The molecule has 3 aliphatic rings. The molecule has 0 aromatic heterocycles. The molecule has 4 nitrogen and oxygen atoms in total. The molecule has 0 atom stereocenters. The van der Waals surface area contributed by atoms with E-state index in [9.17, 15) is 4.79 Å². The number of rotatable bonds is 1. The molecule has 0 aromatic rings. The number of carbonyl (C=O) groups excluding carboxylic acids is 1. The van der Waals surface area contributed by atoms with E-state index in [1.807, 2.05) is 0 Å². The van der Waals surface area contributed by atoms with Crippen LogP contribution in [0.4, 0.5) is 0 Å². The minimum absolute atomic E-state index is 0.147. The van der Waals surface area contributed by atoms with Crippen LogP contribution in [0.3, 0.4) is 0 Å². The van der Waals surface area contributed by atoms with Crippen LogP contribution >= 0.6 is 0 Å². The molecule has 2 saturated carbocycles. The Morgan fingerprint density at radius 1 is 1.12 bits per heavy atom. The zero-order chi connectivity index (χ0) is 11.0. The second-order valence-electron chi connectivity index (χ2n) is 5.28. The Bertz CT molecular complexity index is 325. The first-order valence-corrected chi connectivity index (χ1v) is 6.46. The third-order valence-corrected chi connectivity index (χ3v) is 3.84. The van der Waals surface area contributed by atoms with Crippen molar-refractivity contribution in [2.75, 3.05) is 0 Å². The van der Waals surface area contributed by atoms with Crippen molar-refractivity contribution < 1.29 is 4.79 Å². The molecule has 1 aliphatic heterocycles. The molecular formula is C12H19N3O. The van der Waals surface area contributed by atoms with Gasteiger partial charge in [-0.3, -0.25) is 10.1 Å². The molecule has 0 unspecified atom stereocenters. The maximum Gasteiger partial charge on any atom is 0.252 e. The van der Waals surface area contributed by atoms with Crippen LogP contribution < -0.4 is 10.6 Å². The van der Waals surface area contributed by atoms with Gasteiger partial charge in [-0.05, 0) is 25.7 Å². The van der Waals surface area contributed by atoms with E-state index in [2.05, 4.69) is 15.6 Å². The number of hydrogen-bond acceptors (Lipinski definition) is 2. The van der Waals surface area contributed by atoms with E-state index >= 15 is 0 Å². The molecule has 16 heavy (non-hydrogen) atoms. The molecule has 0 bridgehead atoms. The van der Waals surface area contributed by atoms with Gasteiger partial charge in [0, 0.05) is 0 Å². The first kappa shape index (κ1) is 10.1. The van der Waals surface area contributed by atoms with Gasteiger partial charge < -0.3 is 5.32 Å². The van der Waals surface area contributed by atoms with E-state index in [-0.39, 0.29) is 11.4 Å². The van der Waals surface area contributed by atoms with E-state index in [1.165, 1.54) is 25.7 Å². The van der Waals surface area contributed by atoms with Crippen molar-refractivity contribution in [3.8, 4) is 0 Å². The van der Waals surface area contributed by atoms with Crippen LogP contribution in [-0.4, -0.2) is 23.4 Å². The van der Waals surface area contributed by atoms with E-state index < -0.39 is 0 Å². The summed E-state index contributed by atoms with van der Waals surface area (Å²) in [6.45, 7) is 0. The molecule has 1 saturated heterocycles. The third kappa shape index (κ3) is 1.81. The van der Waals surface area contributed by atoms with Gasteiger partial charge in [0.05, 0.1) is 6.04 Å². The first-order chi connectivity index (χ1) is 7.78. The highest BCUT2D eigenvalue weighted by atomic mass is 16.2. The van der Waals surface area contributed by atoms with E-state index in [1.54, 1.807) is 0 Å². The molecule has 2 N–H and O–H groups in total. The maximum atomic E-state index is 12.1. The first-order valence-electron chi connectivity index (χ1n) is 6.46. The second-order valence-corrected chi connectivity index (χ2v) is 5.28. The van der Waals surface area contributed by atoms with Crippen molar-refractivity contribution in [1.82, 2.24) is 10.6 Å². The number of aliphatic imine (C=N–C) groups is 1. The van der Waals surface area contributed by atoms with Crippen LogP contribution in [0.25, 0.3) is 0 Å². The average Bonchev–Trinajstić information content (AvgIpc) is 3.01. The largest absolute Gasteiger partial charge is 0.342 e.